The first-order chi connectivity index (χ1) is 12.9. The highest BCUT2D eigenvalue weighted by Crippen LogP contribution is 2.67. The molecule has 0 spiro atoms. The quantitative estimate of drug-likeness (QED) is 0.593. The fraction of sp³-hybridized carbons (Fsp3) is 0.880. The van der Waals surface area contributed by atoms with Gasteiger partial charge in [-0.1, -0.05) is 38.8 Å². The first-order valence-electron chi connectivity index (χ1n) is 11.8. The molecule has 3 saturated carbocycles. The van der Waals surface area contributed by atoms with Gasteiger partial charge in [0.25, 0.3) is 0 Å². The Labute approximate surface area is 166 Å². The minimum absolute atomic E-state index is 0.209. The Balaban J connectivity index is 1.51. The van der Waals surface area contributed by atoms with Gasteiger partial charge in [0.2, 0.25) is 5.91 Å². The summed E-state index contributed by atoms with van der Waals surface area (Å²) in [5.41, 5.74) is 2.86. The number of hydrogen-bond acceptors (Lipinski definition) is 1. The van der Waals surface area contributed by atoms with Crippen LogP contribution in [0.25, 0.3) is 0 Å². The summed E-state index contributed by atoms with van der Waals surface area (Å²) in [5.74, 6) is 4.48. The molecule has 2 nitrogen and oxygen atoms in total. The molecular weight excluding hydrogens is 330 g/mol. The highest BCUT2D eigenvalue weighted by molar-refractivity contribution is 5.75. The number of amides is 1. The standard InChI is InChI=1S/C25H41NO/c1-17(8-13-23(27)26-4)20-11-12-21-19-10-9-18-7-5-6-15-24(18,2)22(19)14-16-25(20,21)3/h9,17,19-22H,5-8,10-16H2,1-4H3,(H,26,27). The van der Waals surface area contributed by atoms with Crippen molar-refractivity contribution in [3.8, 4) is 0 Å². The van der Waals surface area contributed by atoms with Crippen LogP contribution in [0.4, 0.5) is 0 Å². The molecule has 4 aliphatic rings. The summed E-state index contributed by atoms with van der Waals surface area (Å²) in [6, 6.07) is 0. The van der Waals surface area contributed by atoms with E-state index in [-0.39, 0.29) is 5.91 Å². The molecule has 0 saturated heterocycles. The smallest absolute Gasteiger partial charge is 0.219 e. The highest BCUT2D eigenvalue weighted by atomic mass is 16.1. The third-order valence-electron chi connectivity index (χ3n) is 9.88. The predicted molar refractivity (Wildman–Crippen MR) is 112 cm³/mol. The molecule has 3 fully saturated rings. The van der Waals surface area contributed by atoms with E-state index in [2.05, 4.69) is 32.2 Å². The number of rotatable bonds is 4. The van der Waals surface area contributed by atoms with E-state index in [1.54, 1.807) is 7.05 Å². The Kier molecular flexibility index (Phi) is 5.23. The fourth-order valence-corrected chi connectivity index (χ4v) is 8.36. The van der Waals surface area contributed by atoms with Gasteiger partial charge in [0.15, 0.2) is 0 Å². The zero-order valence-corrected chi connectivity index (χ0v) is 18.2. The maximum Gasteiger partial charge on any atom is 0.219 e. The molecule has 0 aliphatic heterocycles. The van der Waals surface area contributed by atoms with Crippen LogP contribution in [-0.2, 0) is 4.79 Å². The third-order valence-corrected chi connectivity index (χ3v) is 9.88. The van der Waals surface area contributed by atoms with E-state index in [4.69, 9.17) is 0 Å². The van der Waals surface area contributed by atoms with Crippen molar-refractivity contribution in [2.24, 2.45) is 40.4 Å². The van der Waals surface area contributed by atoms with Crippen LogP contribution < -0.4 is 5.32 Å². The summed E-state index contributed by atoms with van der Waals surface area (Å²) in [4.78, 5) is 11.7. The lowest BCUT2D eigenvalue weighted by Gasteiger charge is -2.58. The molecular formula is C25H41NO. The Bertz CT molecular complexity index is 609. The molecule has 2 heteroatoms. The number of hydrogen-bond donors (Lipinski definition) is 1. The Morgan fingerprint density at radius 2 is 2.00 bits per heavy atom. The van der Waals surface area contributed by atoms with Crippen molar-refractivity contribution < 1.29 is 4.79 Å². The molecule has 1 amide bonds. The van der Waals surface area contributed by atoms with Crippen LogP contribution in [0.2, 0.25) is 0 Å². The maximum atomic E-state index is 11.7. The van der Waals surface area contributed by atoms with Gasteiger partial charge < -0.3 is 5.32 Å². The SMILES string of the molecule is CNC(=O)CCC(C)C1CCC2C3CC=C4CCCCC4(C)C3CCC12C. The van der Waals surface area contributed by atoms with Crippen LogP contribution in [0.1, 0.15) is 91.4 Å². The second-order valence-corrected chi connectivity index (χ2v) is 10.9. The normalized spacial score (nSPS) is 44.5. The van der Waals surface area contributed by atoms with Crippen molar-refractivity contribution in [2.75, 3.05) is 7.05 Å². The number of carbonyl (C=O) groups excluding carboxylic acids is 1. The molecule has 7 unspecified atom stereocenters. The molecule has 0 aromatic carbocycles. The lowest BCUT2D eigenvalue weighted by Crippen LogP contribution is -2.50. The van der Waals surface area contributed by atoms with Gasteiger partial charge in [-0.05, 0) is 98.2 Å². The van der Waals surface area contributed by atoms with Crippen molar-refractivity contribution in [3.63, 3.8) is 0 Å². The third kappa shape index (κ3) is 3.10. The van der Waals surface area contributed by atoms with Crippen molar-refractivity contribution in [3.05, 3.63) is 11.6 Å². The van der Waals surface area contributed by atoms with Crippen molar-refractivity contribution in [2.45, 2.75) is 91.4 Å². The zero-order chi connectivity index (χ0) is 19.2. The number of fused-ring (bicyclic) bond motifs is 5. The van der Waals surface area contributed by atoms with Crippen LogP contribution in [0.3, 0.4) is 0 Å². The monoisotopic (exact) mass is 371 g/mol. The Morgan fingerprint density at radius 1 is 1.19 bits per heavy atom. The maximum absolute atomic E-state index is 11.7. The number of allylic oxidation sites excluding steroid dienone is 2. The molecule has 27 heavy (non-hydrogen) atoms. The van der Waals surface area contributed by atoms with Crippen molar-refractivity contribution >= 4 is 5.91 Å². The van der Waals surface area contributed by atoms with Crippen LogP contribution in [0.5, 0.6) is 0 Å². The molecule has 0 bridgehead atoms. The molecule has 152 valence electrons. The summed E-state index contributed by atoms with van der Waals surface area (Å²) < 4.78 is 0. The van der Waals surface area contributed by atoms with Gasteiger partial charge in [-0.2, -0.15) is 0 Å². The molecule has 0 heterocycles. The minimum atomic E-state index is 0.209. The predicted octanol–water partition coefficient (Wildman–Crippen LogP) is 6.12. The second-order valence-electron chi connectivity index (χ2n) is 10.9. The van der Waals surface area contributed by atoms with Crippen LogP contribution >= 0.6 is 0 Å². The Hall–Kier alpha value is -0.790. The van der Waals surface area contributed by atoms with Crippen molar-refractivity contribution in [1.29, 1.82) is 0 Å². The summed E-state index contributed by atoms with van der Waals surface area (Å²) in [6.07, 6.45) is 17.2. The summed E-state index contributed by atoms with van der Waals surface area (Å²) >= 11 is 0. The van der Waals surface area contributed by atoms with Gasteiger partial charge in [0.1, 0.15) is 0 Å². The average Bonchev–Trinajstić information content (AvgIpc) is 3.02. The van der Waals surface area contributed by atoms with E-state index in [0.29, 0.717) is 23.2 Å². The lowest BCUT2D eigenvalue weighted by atomic mass is 9.47. The summed E-state index contributed by atoms with van der Waals surface area (Å²) in [7, 11) is 1.76. The molecule has 0 radical (unpaired) electrons. The lowest BCUT2D eigenvalue weighted by molar-refractivity contribution is -0.121. The van der Waals surface area contributed by atoms with Gasteiger partial charge in [0, 0.05) is 13.5 Å². The highest BCUT2D eigenvalue weighted by Gasteiger charge is 2.58. The largest absolute Gasteiger partial charge is 0.359 e. The van der Waals surface area contributed by atoms with Crippen LogP contribution in [-0.4, -0.2) is 13.0 Å². The molecule has 4 rings (SSSR count). The molecule has 4 aliphatic carbocycles. The molecule has 0 aromatic rings. The minimum Gasteiger partial charge on any atom is -0.359 e. The van der Waals surface area contributed by atoms with Crippen LogP contribution in [0.15, 0.2) is 11.6 Å². The van der Waals surface area contributed by atoms with Gasteiger partial charge in [0.05, 0.1) is 0 Å². The van der Waals surface area contributed by atoms with Gasteiger partial charge in [-0.25, -0.2) is 0 Å². The topological polar surface area (TPSA) is 29.1 Å². The number of nitrogens with one attached hydrogen (secondary N) is 1. The average molecular weight is 372 g/mol. The molecule has 7 atom stereocenters. The van der Waals surface area contributed by atoms with E-state index in [0.717, 1.165) is 30.1 Å². The van der Waals surface area contributed by atoms with Crippen LogP contribution in [0, 0.1) is 40.4 Å². The summed E-state index contributed by atoms with van der Waals surface area (Å²) in [6.45, 7) is 7.68. The van der Waals surface area contributed by atoms with Gasteiger partial charge >= 0.3 is 0 Å². The van der Waals surface area contributed by atoms with E-state index in [9.17, 15) is 4.79 Å². The first kappa shape index (κ1) is 19.5. The first-order valence-corrected chi connectivity index (χ1v) is 11.8. The van der Waals surface area contributed by atoms with Gasteiger partial charge in [-0.15, -0.1) is 0 Å². The number of carbonyl (C=O) groups is 1. The van der Waals surface area contributed by atoms with E-state index in [1.165, 1.54) is 57.8 Å². The fourth-order valence-electron chi connectivity index (χ4n) is 8.36. The second kappa shape index (κ2) is 7.23. The Morgan fingerprint density at radius 3 is 2.78 bits per heavy atom. The zero-order valence-electron chi connectivity index (χ0n) is 18.2. The molecule has 0 aromatic heterocycles. The summed E-state index contributed by atoms with van der Waals surface area (Å²) in [5, 5.41) is 2.80. The van der Waals surface area contributed by atoms with E-state index >= 15 is 0 Å². The molecule has 1 N–H and O–H groups in total. The van der Waals surface area contributed by atoms with E-state index < -0.39 is 0 Å². The van der Waals surface area contributed by atoms with Gasteiger partial charge in [-0.3, -0.25) is 4.79 Å². The van der Waals surface area contributed by atoms with E-state index in [1.807, 2.05) is 5.57 Å². The van der Waals surface area contributed by atoms with Crippen molar-refractivity contribution in [1.82, 2.24) is 5.32 Å².